The number of piperidine rings is 1. The van der Waals surface area contributed by atoms with Crippen LogP contribution in [0, 0.1) is 5.92 Å². The second kappa shape index (κ2) is 3.29. The van der Waals surface area contributed by atoms with Gasteiger partial charge in [0.2, 0.25) is 0 Å². The molecule has 0 unspecified atom stereocenters. The number of alkyl halides is 2. The van der Waals surface area contributed by atoms with Crippen LogP contribution in [0.15, 0.2) is 0 Å². The third-order valence-electron chi connectivity index (χ3n) is 2.36. The molecule has 0 spiro atoms. The van der Waals surface area contributed by atoms with Crippen LogP contribution in [0.4, 0.5) is 8.78 Å². The first-order valence-electron chi connectivity index (χ1n) is 4.52. The van der Waals surface area contributed by atoms with Gasteiger partial charge in [-0.2, -0.15) is 0 Å². The highest BCUT2D eigenvalue weighted by Crippen LogP contribution is 2.30. The Morgan fingerprint density at radius 1 is 1.42 bits per heavy atom. The zero-order valence-electron chi connectivity index (χ0n) is 7.98. The lowest BCUT2D eigenvalue weighted by atomic mass is 9.96. The van der Waals surface area contributed by atoms with Crippen LogP contribution in [0.25, 0.3) is 0 Å². The van der Waals surface area contributed by atoms with Crippen molar-refractivity contribution in [2.24, 2.45) is 5.92 Å². The molecule has 0 aromatic heterocycles. The van der Waals surface area contributed by atoms with Crippen molar-refractivity contribution in [3.63, 3.8) is 0 Å². The minimum Gasteiger partial charge on any atom is -0.295 e. The van der Waals surface area contributed by atoms with Gasteiger partial charge in [0.25, 0.3) is 5.92 Å². The van der Waals surface area contributed by atoms with E-state index in [0.29, 0.717) is 0 Å². The molecule has 1 aliphatic rings. The van der Waals surface area contributed by atoms with Gasteiger partial charge in [-0.1, -0.05) is 6.92 Å². The SMILES string of the molecule is CC(C)N1C[C@H](C)CC(F)(F)C1. The molecular weight excluding hydrogens is 160 g/mol. The van der Waals surface area contributed by atoms with E-state index in [0.717, 1.165) is 6.54 Å². The molecule has 1 fully saturated rings. The predicted molar refractivity (Wildman–Crippen MR) is 45.4 cm³/mol. The van der Waals surface area contributed by atoms with Crippen LogP contribution in [-0.4, -0.2) is 30.0 Å². The third-order valence-corrected chi connectivity index (χ3v) is 2.36. The Balaban J connectivity index is 2.58. The number of nitrogens with zero attached hydrogens (tertiary/aromatic N) is 1. The Morgan fingerprint density at radius 3 is 2.42 bits per heavy atom. The molecular formula is C9H17F2N. The Bertz CT molecular complexity index is 157. The molecule has 0 bridgehead atoms. The van der Waals surface area contributed by atoms with E-state index in [1.54, 1.807) is 0 Å². The molecule has 1 heterocycles. The predicted octanol–water partition coefficient (Wildman–Crippen LogP) is 2.37. The first-order valence-corrected chi connectivity index (χ1v) is 4.52. The van der Waals surface area contributed by atoms with E-state index in [4.69, 9.17) is 0 Å². The van der Waals surface area contributed by atoms with Gasteiger partial charge in [0, 0.05) is 19.0 Å². The van der Waals surface area contributed by atoms with E-state index in [2.05, 4.69) is 0 Å². The summed E-state index contributed by atoms with van der Waals surface area (Å²) in [7, 11) is 0. The van der Waals surface area contributed by atoms with Crippen molar-refractivity contribution in [1.82, 2.24) is 4.90 Å². The van der Waals surface area contributed by atoms with Crippen LogP contribution in [0.3, 0.4) is 0 Å². The fourth-order valence-electron chi connectivity index (χ4n) is 1.79. The summed E-state index contributed by atoms with van der Waals surface area (Å²) < 4.78 is 26.0. The molecule has 12 heavy (non-hydrogen) atoms. The fraction of sp³-hybridized carbons (Fsp3) is 1.00. The summed E-state index contributed by atoms with van der Waals surface area (Å²) in [5.41, 5.74) is 0. The van der Waals surface area contributed by atoms with E-state index in [1.165, 1.54) is 0 Å². The molecule has 1 aliphatic heterocycles. The summed E-state index contributed by atoms with van der Waals surface area (Å²) in [6, 6.07) is 0.235. The summed E-state index contributed by atoms with van der Waals surface area (Å²) in [4.78, 5) is 1.86. The first-order chi connectivity index (χ1) is 5.41. The van der Waals surface area contributed by atoms with Gasteiger partial charge >= 0.3 is 0 Å². The van der Waals surface area contributed by atoms with Crippen LogP contribution < -0.4 is 0 Å². The third kappa shape index (κ3) is 2.41. The lowest BCUT2D eigenvalue weighted by molar-refractivity contribution is -0.0889. The van der Waals surface area contributed by atoms with Crippen molar-refractivity contribution < 1.29 is 8.78 Å². The van der Waals surface area contributed by atoms with Crippen LogP contribution >= 0.6 is 0 Å². The maximum atomic E-state index is 13.0. The molecule has 1 rings (SSSR count). The van der Waals surface area contributed by atoms with Gasteiger partial charge in [-0.25, -0.2) is 8.78 Å². The maximum absolute atomic E-state index is 13.0. The number of hydrogen-bond acceptors (Lipinski definition) is 1. The van der Waals surface area contributed by atoms with Crippen molar-refractivity contribution in [2.45, 2.75) is 39.2 Å². The molecule has 1 nitrogen and oxygen atoms in total. The Kier molecular flexibility index (Phi) is 2.71. The second-order valence-electron chi connectivity index (χ2n) is 4.19. The summed E-state index contributed by atoms with van der Waals surface area (Å²) >= 11 is 0. The second-order valence-corrected chi connectivity index (χ2v) is 4.19. The van der Waals surface area contributed by atoms with Gasteiger partial charge in [-0.15, -0.1) is 0 Å². The maximum Gasteiger partial charge on any atom is 0.260 e. The first kappa shape index (κ1) is 9.90. The summed E-state index contributed by atoms with van der Waals surface area (Å²) in [6.07, 6.45) is 0.0518. The minimum atomic E-state index is -2.47. The topological polar surface area (TPSA) is 3.24 Å². The van der Waals surface area contributed by atoms with E-state index in [-0.39, 0.29) is 24.9 Å². The number of hydrogen-bond donors (Lipinski definition) is 0. The molecule has 0 aliphatic carbocycles. The van der Waals surface area contributed by atoms with Gasteiger partial charge in [-0.3, -0.25) is 4.90 Å². The van der Waals surface area contributed by atoms with Crippen molar-refractivity contribution in [2.75, 3.05) is 13.1 Å². The molecule has 0 N–H and O–H groups in total. The average molecular weight is 177 g/mol. The van der Waals surface area contributed by atoms with E-state index in [1.807, 2.05) is 25.7 Å². The lowest BCUT2D eigenvalue weighted by Crippen LogP contribution is -2.49. The summed E-state index contributed by atoms with van der Waals surface area (Å²) in [5, 5.41) is 0. The van der Waals surface area contributed by atoms with Gasteiger partial charge < -0.3 is 0 Å². The largest absolute Gasteiger partial charge is 0.295 e. The monoisotopic (exact) mass is 177 g/mol. The standard InChI is InChI=1S/C9H17F2N/c1-7(2)12-5-8(3)4-9(10,11)6-12/h7-8H,4-6H2,1-3H3/t8-/m1/s1. The molecule has 1 saturated heterocycles. The highest BCUT2D eigenvalue weighted by atomic mass is 19.3. The molecule has 0 radical (unpaired) electrons. The van der Waals surface area contributed by atoms with Gasteiger partial charge in [0.05, 0.1) is 6.54 Å². The Labute approximate surface area is 72.7 Å². The number of likely N-dealkylation sites (tertiary alicyclic amines) is 1. The lowest BCUT2D eigenvalue weighted by Gasteiger charge is -2.38. The highest BCUT2D eigenvalue weighted by molar-refractivity contribution is 4.83. The molecule has 1 atom stereocenters. The molecule has 72 valence electrons. The molecule has 0 amide bonds. The van der Waals surface area contributed by atoms with Crippen LogP contribution in [0.1, 0.15) is 27.2 Å². The van der Waals surface area contributed by atoms with Gasteiger partial charge in [0.1, 0.15) is 0 Å². The van der Waals surface area contributed by atoms with E-state index in [9.17, 15) is 8.78 Å². The van der Waals surface area contributed by atoms with Gasteiger partial charge in [0.15, 0.2) is 0 Å². The normalized spacial score (nSPS) is 31.0. The summed E-state index contributed by atoms with van der Waals surface area (Å²) in [6.45, 7) is 6.58. The smallest absolute Gasteiger partial charge is 0.260 e. The molecule has 3 heteroatoms. The quantitative estimate of drug-likeness (QED) is 0.594. The summed E-state index contributed by atoms with van der Waals surface area (Å²) in [5.74, 6) is -2.35. The van der Waals surface area contributed by atoms with Crippen molar-refractivity contribution >= 4 is 0 Å². The molecule has 0 aromatic carbocycles. The highest BCUT2D eigenvalue weighted by Gasteiger charge is 2.39. The zero-order chi connectivity index (χ0) is 9.35. The average Bonchev–Trinajstić information content (AvgIpc) is 1.82. The number of halogens is 2. The van der Waals surface area contributed by atoms with Crippen molar-refractivity contribution in [3.05, 3.63) is 0 Å². The van der Waals surface area contributed by atoms with Crippen LogP contribution in [-0.2, 0) is 0 Å². The van der Waals surface area contributed by atoms with E-state index < -0.39 is 5.92 Å². The van der Waals surface area contributed by atoms with Crippen LogP contribution in [0.2, 0.25) is 0 Å². The van der Waals surface area contributed by atoms with Crippen molar-refractivity contribution in [1.29, 1.82) is 0 Å². The fourth-order valence-corrected chi connectivity index (χ4v) is 1.79. The molecule has 0 aromatic rings. The minimum absolute atomic E-state index is 0.0518. The zero-order valence-corrected chi connectivity index (χ0v) is 7.98. The molecule has 0 saturated carbocycles. The Morgan fingerprint density at radius 2 is 2.00 bits per heavy atom. The Hall–Kier alpha value is -0.180. The number of rotatable bonds is 1. The van der Waals surface area contributed by atoms with E-state index >= 15 is 0 Å². The van der Waals surface area contributed by atoms with Gasteiger partial charge in [-0.05, 0) is 19.8 Å². The van der Waals surface area contributed by atoms with Crippen molar-refractivity contribution in [3.8, 4) is 0 Å². The van der Waals surface area contributed by atoms with Crippen LogP contribution in [0.5, 0.6) is 0 Å².